The molecule has 1 atom stereocenters. The van der Waals surface area contributed by atoms with Crippen molar-refractivity contribution in [1.29, 1.82) is 0 Å². The molecule has 0 aliphatic heterocycles. The van der Waals surface area contributed by atoms with E-state index in [9.17, 15) is 17.6 Å². The normalized spacial score (nSPS) is 12.4. The molecule has 0 aliphatic carbocycles. The summed E-state index contributed by atoms with van der Waals surface area (Å²) in [4.78, 5) is 0. The van der Waals surface area contributed by atoms with Crippen LogP contribution in [0.5, 0.6) is 0 Å². The van der Waals surface area contributed by atoms with E-state index in [-0.39, 0.29) is 5.56 Å². The van der Waals surface area contributed by atoms with Gasteiger partial charge in [-0.25, -0.2) is 17.6 Å². The number of rotatable bonds is 4. The van der Waals surface area contributed by atoms with Crippen LogP contribution in [-0.2, 0) is 0 Å². The lowest BCUT2D eigenvalue weighted by Gasteiger charge is -2.20. The number of hydrogen-bond acceptors (Lipinski definition) is 1. The first-order valence-corrected chi connectivity index (χ1v) is 6.16. The van der Waals surface area contributed by atoms with Gasteiger partial charge in [0.25, 0.3) is 0 Å². The minimum Gasteiger partial charge on any atom is -0.306 e. The van der Waals surface area contributed by atoms with Crippen LogP contribution in [-0.4, -0.2) is 6.54 Å². The van der Waals surface area contributed by atoms with Gasteiger partial charge in [-0.3, -0.25) is 0 Å². The zero-order chi connectivity index (χ0) is 14.7. The lowest BCUT2D eigenvalue weighted by molar-refractivity contribution is 0.491. The molecule has 0 fully saturated rings. The average Bonchev–Trinajstić information content (AvgIpc) is 2.37. The molecule has 0 radical (unpaired) electrons. The fraction of sp³-hybridized carbons (Fsp3) is 0.200. The highest BCUT2D eigenvalue weighted by Crippen LogP contribution is 2.27. The van der Waals surface area contributed by atoms with Crippen LogP contribution in [0.2, 0.25) is 0 Å². The van der Waals surface area contributed by atoms with Crippen LogP contribution in [0.15, 0.2) is 36.4 Å². The van der Waals surface area contributed by atoms with Gasteiger partial charge in [0.05, 0.1) is 6.04 Å². The third-order valence-corrected chi connectivity index (χ3v) is 2.94. The lowest BCUT2D eigenvalue weighted by Crippen LogP contribution is -2.24. The molecule has 106 valence electrons. The SMILES string of the molecule is CCNC(c1ccc(F)cc1)c1c(F)cc(F)cc1F. The van der Waals surface area contributed by atoms with E-state index in [1.54, 1.807) is 6.92 Å². The molecule has 2 aromatic carbocycles. The average molecular weight is 283 g/mol. The van der Waals surface area contributed by atoms with E-state index in [2.05, 4.69) is 5.32 Å². The van der Waals surface area contributed by atoms with Crippen molar-refractivity contribution in [2.45, 2.75) is 13.0 Å². The molecule has 0 heterocycles. The first kappa shape index (κ1) is 14.5. The molecule has 1 unspecified atom stereocenters. The van der Waals surface area contributed by atoms with Gasteiger partial charge >= 0.3 is 0 Å². The highest BCUT2D eigenvalue weighted by molar-refractivity contribution is 5.34. The molecule has 0 amide bonds. The van der Waals surface area contributed by atoms with Crippen molar-refractivity contribution in [3.05, 3.63) is 70.8 Å². The van der Waals surface area contributed by atoms with Crippen LogP contribution in [0.3, 0.4) is 0 Å². The van der Waals surface area contributed by atoms with Crippen molar-refractivity contribution >= 4 is 0 Å². The Bertz CT molecular complexity index is 572. The Morgan fingerprint density at radius 2 is 1.45 bits per heavy atom. The number of halogens is 4. The van der Waals surface area contributed by atoms with E-state index in [0.717, 1.165) is 0 Å². The van der Waals surface area contributed by atoms with Crippen molar-refractivity contribution in [2.75, 3.05) is 6.54 Å². The molecular formula is C15H13F4N. The summed E-state index contributed by atoms with van der Waals surface area (Å²) < 4.78 is 53.6. The van der Waals surface area contributed by atoms with E-state index in [1.807, 2.05) is 0 Å². The second-order valence-corrected chi connectivity index (χ2v) is 4.33. The topological polar surface area (TPSA) is 12.0 Å². The molecule has 1 N–H and O–H groups in total. The van der Waals surface area contributed by atoms with Gasteiger partial charge in [-0.2, -0.15) is 0 Å². The molecule has 0 saturated carbocycles. The van der Waals surface area contributed by atoms with Crippen LogP contribution >= 0.6 is 0 Å². The molecule has 0 aliphatic rings. The summed E-state index contributed by atoms with van der Waals surface area (Å²) in [6.07, 6.45) is 0. The van der Waals surface area contributed by atoms with Gasteiger partial charge in [0, 0.05) is 17.7 Å². The zero-order valence-corrected chi connectivity index (χ0v) is 10.8. The Hall–Kier alpha value is -1.88. The summed E-state index contributed by atoms with van der Waals surface area (Å²) in [7, 11) is 0. The highest BCUT2D eigenvalue weighted by atomic mass is 19.1. The molecule has 5 heteroatoms. The smallest absolute Gasteiger partial charge is 0.134 e. The fourth-order valence-electron chi connectivity index (χ4n) is 2.08. The van der Waals surface area contributed by atoms with E-state index >= 15 is 0 Å². The Kier molecular flexibility index (Phi) is 4.39. The highest BCUT2D eigenvalue weighted by Gasteiger charge is 2.22. The first-order valence-electron chi connectivity index (χ1n) is 6.16. The Labute approximate surface area is 114 Å². The predicted octanol–water partition coefficient (Wildman–Crippen LogP) is 3.94. The van der Waals surface area contributed by atoms with Crippen molar-refractivity contribution < 1.29 is 17.6 Å². The summed E-state index contributed by atoms with van der Waals surface area (Å²) in [6.45, 7) is 2.22. The van der Waals surface area contributed by atoms with Gasteiger partial charge in [0.1, 0.15) is 23.3 Å². The molecular weight excluding hydrogens is 270 g/mol. The summed E-state index contributed by atoms with van der Waals surface area (Å²) in [6, 6.07) is 5.74. The third-order valence-electron chi connectivity index (χ3n) is 2.94. The minimum atomic E-state index is -0.974. The van der Waals surface area contributed by atoms with Crippen LogP contribution < -0.4 is 5.32 Å². The maximum absolute atomic E-state index is 13.9. The molecule has 2 aromatic rings. The molecule has 0 saturated heterocycles. The van der Waals surface area contributed by atoms with Crippen LogP contribution in [0.1, 0.15) is 24.1 Å². The maximum atomic E-state index is 13.9. The predicted molar refractivity (Wildman–Crippen MR) is 68.2 cm³/mol. The fourth-order valence-corrected chi connectivity index (χ4v) is 2.08. The van der Waals surface area contributed by atoms with Crippen LogP contribution in [0, 0.1) is 23.3 Å². The molecule has 0 aromatic heterocycles. The maximum Gasteiger partial charge on any atom is 0.134 e. The Morgan fingerprint density at radius 3 is 1.95 bits per heavy atom. The van der Waals surface area contributed by atoms with Gasteiger partial charge in [0.2, 0.25) is 0 Å². The Morgan fingerprint density at radius 1 is 0.900 bits per heavy atom. The second-order valence-electron chi connectivity index (χ2n) is 4.33. The Balaban J connectivity index is 2.51. The quantitative estimate of drug-likeness (QED) is 0.838. The number of benzene rings is 2. The monoisotopic (exact) mass is 283 g/mol. The minimum absolute atomic E-state index is 0.278. The summed E-state index contributed by atoms with van der Waals surface area (Å²) in [5.74, 6) is -3.36. The number of nitrogens with one attached hydrogen (secondary N) is 1. The van der Waals surface area contributed by atoms with Crippen molar-refractivity contribution in [1.82, 2.24) is 5.32 Å². The molecule has 1 nitrogen and oxygen atoms in total. The van der Waals surface area contributed by atoms with Gasteiger partial charge < -0.3 is 5.32 Å². The first-order chi connectivity index (χ1) is 9.52. The molecule has 20 heavy (non-hydrogen) atoms. The van der Waals surface area contributed by atoms with Crippen LogP contribution in [0.25, 0.3) is 0 Å². The van der Waals surface area contributed by atoms with E-state index < -0.39 is 29.3 Å². The second kappa shape index (κ2) is 6.05. The van der Waals surface area contributed by atoms with Gasteiger partial charge in [-0.15, -0.1) is 0 Å². The lowest BCUT2D eigenvalue weighted by atomic mass is 9.97. The van der Waals surface area contributed by atoms with Gasteiger partial charge in [-0.1, -0.05) is 19.1 Å². The standard InChI is InChI=1S/C15H13F4N/c1-2-20-15(9-3-5-10(16)6-4-9)14-12(18)7-11(17)8-13(14)19/h3-8,15,20H,2H2,1H3. The summed E-state index contributed by atoms with van der Waals surface area (Å²) in [5, 5.41) is 2.91. The van der Waals surface area contributed by atoms with Gasteiger partial charge in [-0.05, 0) is 24.2 Å². The van der Waals surface area contributed by atoms with Gasteiger partial charge in [0.15, 0.2) is 0 Å². The van der Waals surface area contributed by atoms with E-state index in [4.69, 9.17) is 0 Å². The van der Waals surface area contributed by atoms with Crippen molar-refractivity contribution in [2.24, 2.45) is 0 Å². The molecule has 0 bridgehead atoms. The number of hydrogen-bond donors (Lipinski definition) is 1. The van der Waals surface area contributed by atoms with E-state index in [1.165, 1.54) is 24.3 Å². The van der Waals surface area contributed by atoms with Crippen LogP contribution in [0.4, 0.5) is 17.6 Å². The zero-order valence-electron chi connectivity index (χ0n) is 10.8. The molecule has 0 spiro atoms. The largest absolute Gasteiger partial charge is 0.306 e. The summed E-state index contributed by atoms with van der Waals surface area (Å²) >= 11 is 0. The van der Waals surface area contributed by atoms with E-state index in [0.29, 0.717) is 24.2 Å². The third kappa shape index (κ3) is 2.99. The van der Waals surface area contributed by atoms with Crippen molar-refractivity contribution in [3.63, 3.8) is 0 Å². The van der Waals surface area contributed by atoms with Crippen molar-refractivity contribution in [3.8, 4) is 0 Å². The summed E-state index contributed by atoms with van der Waals surface area (Å²) in [5.41, 5.74) is 0.220. The molecule has 2 rings (SSSR count).